The Morgan fingerprint density at radius 3 is 2.22 bits per heavy atom. The Kier molecular flexibility index (Phi) is 7.38. The maximum Gasteiger partial charge on any atom is 0.416 e. The molecule has 0 saturated carbocycles. The number of amides is 1. The molecule has 1 amide bonds. The Morgan fingerprint density at radius 2 is 1.66 bits per heavy atom. The predicted octanol–water partition coefficient (Wildman–Crippen LogP) is 4.13. The highest BCUT2D eigenvalue weighted by molar-refractivity contribution is 7.92. The van der Waals surface area contributed by atoms with E-state index >= 15 is 0 Å². The molecule has 6 nitrogen and oxygen atoms in total. The van der Waals surface area contributed by atoms with Crippen molar-refractivity contribution >= 4 is 37.2 Å². The van der Waals surface area contributed by atoms with Crippen LogP contribution in [0.4, 0.5) is 13.2 Å². The van der Waals surface area contributed by atoms with Gasteiger partial charge in [-0.25, -0.2) is 16.8 Å². The molecule has 0 heterocycles. The molecule has 0 unspecified atom stereocenters. The normalized spacial score (nSPS) is 13.1. The molecule has 0 aliphatic rings. The van der Waals surface area contributed by atoms with Crippen molar-refractivity contribution in [2.75, 3.05) is 12.8 Å². The second-order valence-corrected chi connectivity index (χ2v) is 12.7. The zero-order chi connectivity index (χ0) is 24.5. The second kappa shape index (κ2) is 9.03. The minimum absolute atomic E-state index is 0.121. The number of carbonyl (C=O) groups is 1. The van der Waals surface area contributed by atoms with Gasteiger partial charge in [0.05, 0.1) is 25.7 Å². The number of benzene rings is 2. The summed E-state index contributed by atoms with van der Waals surface area (Å²) in [6.45, 7) is 2.49. The molecule has 2 aromatic carbocycles. The first-order valence-corrected chi connectivity index (χ1v) is 12.9. The zero-order valence-electron chi connectivity index (χ0n) is 17.3. The van der Waals surface area contributed by atoms with Crippen molar-refractivity contribution in [1.82, 2.24) is 5.32 Å². The molecule has 0 aliphatic heterocycles. The largest absolute Gasteiger partial charge is 0.416 e. The molecule has 1 N–H and O–H groups in total. The molecule has 32 heavy (non-hydrogen) atoms. The highest BCUT2D eigenvalue weighted by Gasteiger charge is 2.38. The van der Waals surface area contributed by atoms with Gasteiger partial charge in [-0.05, 0) is 56.7 Å². The van der Waals surface area contributed by atoms with Gasteiger partial charge in [0.25, 0.3) is 5.91 Å². The van der Waals surface area contributed by atoms with Crippen LogP contribution in [0.5, 0.6) is 0 Å². The Bertz CT molecular complexity index is 1240. The smallest absolute Gasteiger partial charge is 0.352 e. The van der Waals surface area contributed by atoms with Crippen LogP contribution in [0.15, 0.2) is 52.3 Å². The monoisotopic (exact) mass is 511 g/mol. The fourth-order valence-electron chi connectivity index (χ4n) is 2.86. The van der Waals surface area contributed by atoms with Gasteiger partial charge in [0.2, 0.25) is 0 Å². The van der Waals surface area contributed by atoms with Gasteiger partial charge in [0.15, 0.2) is 19.7 Å². The molecule has 0 bridgehead atoms. The third-order valence-corrected chi connectivity index (χ3v) is 8.70. The number of sulfone groups is 2. The maximum atomic E-state index is 13.0. The molecular formula is C20H21ClF3NO5S2. The van der Waals surface area contributed by atoms with Gasteiger partial charge in [0, 0.05) is 17.8 Å². The van der Waals surface area contributed by atoms with E-state index in [0.717, 1.165) is 30.5 Å². The number of carbonyl (C=O) groups excluding carboxylic acids is 1. The summed E-state index contributed by atoms with van der Waals surface area (Å²) in [7, 11) is -7.95. The van der Waals surface area contributed by atoms with Crippen molar-refractivity contribution in [1.29, 1.82) is 0 Å². The van der Waals surface area contributed by atoms with Crippen molar-refractivity contribution in [2.24, 2.45) is 0 Å². The summed E-state index contributed by atoms with van der Waals surface area (Å²) >= 11 is 5.81. The van der Waals surface area contributed by atoms with E-state index in [1.165, 1.54) is 26.0 Å². The maximum absolute atomic E-state index is 13.0. The van der Waals surface area contributed by atoms with Crippen LogP contribution in [0.1, 0.15) is 36.2 Å². The third-order valence-electron chi connectivity index (χ3n) is 4.80. The SMILES string of the molecule is CC(C)(CCNC(=O)c1ccc(Cl)cc1S(C)(=O)=O)S(=O)(=O)c1cccc(C(F)(F)F)c1. The summed E-state index contributed by atoms with van der Waals surface area (Å²) in [5, 5.41) is 2.58. The average Bonchev–Trinajstić information content (AvgIpc) is 2.66. The number of hydrogen-bond donors (Lipinski definition) is 1. The molecule has 0 aromatic heterocycles. The van der Waals surface area contributed by atoms with Crippen LogP contribution in [-0.2, 0) is 25.9 Å². The van der Waals surface area contributed by atoms with Gasteiger partial charge in [-0.15, -0.1) is 0 Å². The summed E-state index contributed by atoms with van der Waals surface area (Å²) in [6, 6.07) is 7.15. The van der Waals surface area contributed by atoms with Gasteiger partial charge >= 0.3 is 6.18 Å². The fourth-order valence-corrected chi connectivity index (χ4v) is 5.54. The van der Waals surface area contributed by atoms with E-state index in [2.05, 4.69) is 5.32 Å². The first kappa shape index (κ1) is 26.1. The van der Waals surface area contributed by atoms with Gasteiger partial charge in [-0.3, -0.25) is 4.79 Å². The summed E-state index contributed by atoms with van der Waals surface area (Å²) in [6.07, 6.45) is -3.92. The van der Waals surface area contributed by atoms with Crippen LogP contribution in [0.2, 0.25) is 5.02 Å². The van der Waals surface area contributed by atoms with Crippen LogP contribution in [0.25, 0.3) is 0 Å². The van der Waals surface area contributed by atoms with Crippen molar-refractivity contribution in [3.63, 3.8) is 0 Å². The molecule has 0 saturated heterocycles. The van der Waals surface area contributed by atoms with Crippen LogP contribution >= 0.6 is 11.6 Å². The first-order valence-electron chi connectivity index (χ1n) is 9.16. The van der Waals surface area contributed by atoms with E-state index in [1.807, 2.05) is 0 Å². The Balaban J connectivity index is 2.20. The molecule has 0 spiro atoms. The first-order chi connectivity index (χ1) is 14.5. The zero-order valence-corrected chi connectivity index (χ0v) is 19.7. The van der Waals surface area contributed by atoms with Gasteiger partial charge < -0.3 is 5.32 Å². The standard InChI is InChI=1S/C20H21ClF3NO5S2/c1-19(2,32(29,30)15-6-4-5-13(11-15)20(22,23)24)9-10-25-18(26)16-8-7-14(21)12-17(16)31(3,27)28/h4-8,11-12H,9-10H2,1-3H3,(H,25,26). The Morgan fingerprint density at radius 1 is 1.03 bits per heavy atom. The van der Waals surface area contributed by atoms with Gasteiger partial charge in [-0.2, -0.15) is 13.2 Å². The number of hydrogen-bond acceptors (Lipinski definition) is 5. The summed E-state index contributed by atoms with van der Waals surface area (Å²) in [5.74, 6) is -0.755. The van der Waals surface area contributed by atoms with E-state index in [0.29, 0.717) is 6.07 Å². The van der Waals surface area contributed by atoms with Crippen molar-refractivity contribution < 1.29 is 34.8 Å². The van der Waals surface area contributed by atoms with Crippen molar-refractivity contribution in [3.8, 4) is 0 Å². The second-order valence-electron chi connectivity index (χ2n) is 7.71. The number of alkyl halides is 3. The third kappa shape index (κ3) is 5.81. The van der Waals surface area contributed by atoms with Crippen LogP contribution in [-0.4, -0.2) is 40.3 Å². The molecular weight excluding hydrogens is 491 g/mol. The summed E-state index contributed by atoms with van der Waals surface area (Å²) in [4.78, 5) is 11.7. The van der Waals surface area contributed by atoms with Crippen LogP contribution in [0, 0.1) is 0 Å². The minimum Gasteiger partial charge on any atom is -0.352 e. The lowest BCUT2D eigenvalue weighted by atomic mass is 10.1. The average molecular weight is 512 g/mol. The van der Waals surface area contributed by atoms with E-state index in [-0.39, 0.29) is 28.4 Å². The highest BCUT2D eigenvalue weighted by atomic mass is 35.5. The van der Waals surface area contributed by atoms with Gasteiger partial charge in [0.1, 0.15) is 0 Å². The minimum atomic E-state index is -4.69. The molecule has 12 heteroatoms. The lowest BCUT2D eigenvalue weighted by Crippen LogP contribution is -2.37. The number of halogens is 4. The Labute approximate surface area is 189 Å². The van der Waals surface area contributed by atoms with Crippen LogP contribution < -0.4 is 5.32 Å². The molecule has 0 atom stereocenters. The lowest BCUT2D eigenvalue weighted by Gasteiger charge is -2.25. The van der Waals surface area contributed by atoms with E-state index < -0.39 is 47.0 Å². The van der Waals surface area contributed by atoms with E-state index in [9.17, 15) is 34.8 Å². The molecule has 0 fully saturated rings. The topological polar surface area (TPSA) is 97.4 Å². The number of nitrogens with one attached hydrogen (secondary N) is 1. The molecule has 2 aromatic rings. The summed E-state index contributed by atoms with van der Waals surface area (Å²) < 4.78 is 87.1. The Hall–Kier alpha value is -2.11. The van der Waals surface area contributed by atoms with E-state index in [4.69, 9.17) is 11.6 Å². The molecule has 0 aliphatic carbocycles. The molecule has 0 radical (unpaired) electrons. The van der Waals surface area contributed by atoms with E-state index in [1.54, 1.807) is 0 Å². The lowest BCUT2D eigenvalue weighted by molar-refractivity contribution is -0.137. The molecule has 176 valence electrons. The van der Waals surface area contributed by atoms with Crippen molar-refractivity contribution in [3.05, 3.63) is 58.6 Å². The quantitative estimate of drug-likeness (QED) is 0.602. The van der Waals surface area contributed by atoms with Gasteiger partial charge in [-0.1, -0.05) is 17.7 Å². The van der Waals surface area contributed by atoms with Crippen LogP contribution in [0.3, 0.4) is 0 Å². The molecule has 2 rings (SSSR count). The predicted molar refractivity (Wildman–Crippen MR) is 114 cm³/mol. The number of rotatable bonds is 7. The summed E-state index contributed by atoms with van der Waals surface area (Å²) in [5.41, 5.74) is -1.24. The van der Waals surface area contributed by atoms with Crippen molar-refractivity contribution in [2.45, 2.75) is 41.0 Å². The highest BCUT2D eigenvalue weighted by Crippen LogP contribution is 2.34. The fraction of sp³-hybridized carbons (Fsp3) is 0.350.